The standard InChI is InChI=1S/C20H24O3/c1-3-4-6-13-18-14-9-10-15-19(18)23-20(21)22-16(2)17-11-7-5-8-12-17/h5,7-12,14-16H,3-4,6,13H2,1-2H3. The van der Waals surface area contributed by atoms with Crippen LogP contribution >= 0.6 is 0 Å². The van der Waals surface area contributed by atoms with Gasteiger partial charge in [0.2, 0.25) is 0 Å². The van der Waals surface area contributed by atoms with E-state index in [-0.39, 0.29) is 6.10 Å². The summed E-state index contributed by atoms with van der Waals surface area (Å²) in [6.45, 7) is 4.01. The summed E-state index contributed by atoms with van der Waals surface area (Å²) in [5.74, 6) is 0.592. The van der Waals surface area contributed by atoms with E-state index in [2.05, 4.69) is 6.92 Å². The van der Waals surface area contributed by atoms with Crippen LogP contribution in [0, 0.1) is 0 Å². The summed E-state index contributed by atoms with van der Waals surface area (Å²) in [5, 5.41) is 0. The molecule has 23 heavy (non-hydrogen) atoms. The van der Waals surface area contributed by atoms with Crippen LogP contribution in [0.2, 0.25) is 0 Å². The summed E-state index contributed by atoms with van der Waals surface area (Å²) < 4.78 is 10.8. The van der Waals surface area contributed by atoms with E-state index in [1.807, 2.05) is 61.5 Å². The summed E-state index contributed by atoms with van der Waals surface area (Å²) in [6, 6.07) is 17.3. The van der Waals surface area contributed by atoms with E-state index in [4.69, 9.17) is 9.47 Å². The number of ether oxygens (including phenoxy) is 2. The number of hydrogen-bond donors (Lipinski definition) is 0. The molecule has 2 aromatic carbocycles. The van der Waals surface area contributed by atoms with Crippen LogP contribution in [-0.2, 0) is 11.2 Å². The van der Waals surface area contributed by atoms with Crippen molar-refractivity contribution in [1.82, 2.24) is 0 Å². The van der Waals surface area contributed by atoms with E-state index in [0.717, 1.165) is 24.0 Å². The second kappa shape index (κ2) is 8.99. The fraction of sp³-hybridized carbons (Fsp3) is 0.350. The Morgan fingerprint density at radius 1 is 1.00 bits per heavy atom. The van der Waals surface area contributed by atoms with Crippen molar-refractivity contribution in [3.8, 4) is 5.75 Å². The smallest absolute Gasteiger partial charge is 0.426 e. The Kier molecular flexibility index (Phi) is 6.67. The Labute approximate surface area is 138 Å². The quantitative estimate of drug-likeness (QED) is 0.374. The van der Waals surface area contributed by atoms with Gasteiger partial charge in [-0.25, -0.2) is 4.79 Å². The van der Waals surface area contributed by atoms with Crippen molar-refractivity contribution >= 4 is 6.16 Å². The molecule has 0 heterocycles. The molecule has 0 amide bonds. The van der Waals surface area contributed by atoms with Crippen molar-refractivity contribution in [2.24, 2.45) is 0 Å². The van der Waals surface area contributed by atoms with Crippen molar-refractivity contribution in [1.29, 1.82) is 0 Å². The minimum atomic E-state index is -0.663. The molecule has 0 bridgehead atoms. The van der Waals surface area contributed by atoms with Crippen LogP contribution in [0.1, 0.15) is 50.3 Å². The molecule has 0 N–H and O–H groups in total. The van der Waals surface area contributed by atoms with E-state index in [9.17, 15) is 4.79 Å². The van der Waals surface area contributed by atoms with Gasteiger partial charge in [-0.15, -0.1) is 0 Å². The second-order valence-corrected chi connectivity index (χ2v) is 5.59. The molecule has 1 atom stereocenters. The maximum atomic E-state index is 12.0. The third-order valence-electron chi connectivity index (χ3n) is 3.76. The van der Waals surface area contributed by atoms with Crippen molar-refractivity contribution in [2.75, 3.05) is 0 Å². The third-order valence-corrected chi connectivity index (χ3v) is 3.76. The van der Waals surface area contributed by atoms with E-state index in [1.165, 1.54) is 12.8 Å². The highest BCUT2D eigenvalue weighted by Gasteiger charge is 2.15. The fourth-order valence-electron chi connectivity index (χ4n) is 2.43. The number of carbonyl (C=O) groups is 1. The van der Waals surface area contributed by atoms with E-state index >= 15 is 0 Å². The highest BCUT2D eigenvalue weighted by Crippen LogP contribution is 2.23. The first-order chi connectivity index (χ1) is 11.2. The zero-order valence-electron chi connectivity index (χ0n) is 13.8. The number of unbranched alkanes of at least 4 members (excludes halogenated alkanes) is 2. The van der Waals surface area contributed by atoms with Gasteiger partial charge in [0.1, 0.15) is 11.9 Å². The number of aryl methyl sites for hydroxylation is 1. The molecule has 0 radical (unpaired) electrons. The predicted octanol–water partition coefficient (Wildman–Crippen LogP) is 5.70. The van der Waals surface area contributed by atoms with Crippen molar-refractivity contribution in [2.45, 2.75) is 45.6 Å². The summed E-state index contributed by atoms with van der Waals surface area (Å²) in [7, 11) is 0. The Morgan fingerprint density at radius 2 is 1.70 bits per heavy atom. The highest BCUT2D eigenvalue weighted by atomic mass is 16.7. The highest BCUT2D eigenvalue weighted by molar-refractivity contribution is 5.65. The second-order valence-electron chi connectivity index (χ2n) is 5.59. The Morgan fingerprint density at radius 3 is 2.43 bits per heavy atom. The average molecular weight is 312 g/mol. The number of benzene rings is 2. The predicted molar refractivity (Wildman–Crippen MR) is 91.6 cm³/mol. The SMILES string of the molecule is CCCCCc1ccccc1OC(=O)OC(C)c1ccccc1. The zero-order chi connectivity index (χ0) is 16.5. The van der Waals surface area contributed by atoms with E-state index in [1.54, 1.807) is 0 Å². The fourth-order valence-corrected chi connectivity index (χ4v) is 2.43. The largest absolute Gasteiger partial charge is 0.514 e. The van der Waals surface area contributed by atoms with Gasteiger partial charge in [-0.2, -0.15) is 0 Å². The van der Waals surface area contributed by atoms with Crippen LogP contribution in [0.3, 0.4) is 0 Å². The maximum absolute atomic E-state index is 12.0. The molecule has 0 aromatic heterocycles. The molecule has 0 saturated heterocycles. The lowest BCUT2D eigenvalue weighted by Gasteiger charge is -2.14. The van der Waals surface area contributed by atoms with Gasteiger partial charge in [-0.05, 0) is 37.0 Å². The minimum Gasteiger partial charge on any atom is -0.426 e. The first kappa shape index (κ1) is 17.1. The lowest BCUT2D eigenvalue weighted by molar-refractivity contribution is 0.0652. The minimum absolute atomic E-state index is 0.337. The molecule has 3 nitrogen and oxygen atoms in total. The molecule has 0 aliphatic rings. The zero-order valence-corrected chi connectivity index (χ0v) is 13.8. The van der Waals surface area contributed by atoms with E-state index in [0.29, 0.717) is 5.75 Å². The first-order valence-corrected chi connectivity index (χ1v) is 8.22. The van der Waals surface area contributed by atoms with Crippen molar-refractivity contribution in [3.05, 3.63) is 65.7 Å². The molecule has 2 rings (SSSR count). The Bertz CT molecular complexity index is 607. The van der Waals surface area contributed by atoms with Crippen LogP contribution in [0.25, 0.3) is 0 Å². The number of hydrogen-bond acceptors (Lipinski definition) is 3. The normalized spacial score (nSPS) is 11.7. The van der Waals surface area contributed by atoms with Gasteiger partial charge in [0.15, 0.2) is 0 Å². The molecule has 2 aromatic rings. The third kappa shape index (κ3) is 5.44. The number of para-hydroxylation sites is 1. The molecule has 0 aliphatic carbocycles. The van der Waals surface area contributed by atoms with Crippen molar-refractivity contribution < 1.29 is 14.3 Å². The van der Waals surface area contributed by atoms with Gasteiger partial charge in [-0.1, -0.05) is 68.3 Å². The van der Waals surface area contributed by atoms with Gasteiger partial charge >= 0.3 is 6.16 Å². The molecule has 0 spiro atoms. The summed E-state index contributed by atoms with van der Waals surface area (Å²) >= 11 is 0. The molecule has 1 unspecified atom stereocenters. The molecule has 3 heteroatoms. The average Bonchev–Trinajstić information content (AvgIpc) is 2.57. The van der Waals surface area contributed by atoms with Crippen LogP contribution in [-0.4, -0.2) is 6.16 Å². The van der Waals surface area contributed by atoms with Crippen LogP contribution < -0.4 is 4.74 Å². The van der Waals surface area contributed by atoms with Gasteiger partial charge in [0.05, 0.1) is 0 Å². The molecule has 0 saturated carbocycles. The Balaban J connectivity index is 1.95. The monoisotopic (exact) mass is 312 g/mol. The van der Waals surface area contributed by atoms with E-state index < -0.39 is 6.16 Å². The van der Waals surface area contributed by atoms with Gasteiger partial charge in [-0.3, -0.25) is 0 Å². The molecule has 0 fully saturated rings. The van der Waals surface area contributed by atoms with Gasteiger partial charge < -0.3 is 9.47 Å². The van der Waals surface area contributed by atoms with Crippen molar-refractivity contribution in [3.63, 3.8) is 0 Å². The van der Waals surface area contributed by atoms with Crippen LogP contribution in [0.5, 0.6) is 5.75 Å². The van der Waals surface area contributed by atoms with Gasteiger partial charge in [0, 0.05) is 0 Å². The maximum Gasteiger partial charge on any atom is 0.514 e. The molecule has 122 valence electrons. The summed E-state index contributed by atoms with van der Waals surface area (Å²) in [6.07, 6.45) is 3.33. The first-order valence-electron chi connectivity index (χ1n) is 8.22. The van der Waals surface area contributed by atoms with Gasteiger partial charge in [0.25, 0.3) is 0 Å². The number of rotatable bonds is 7. The van der Waals surface area contributed by atoms with Crippen LogP contribution in [0.15, 0.2) is 54.6 Å². The Hall–Kier alpha value is -2.29. The van der Waals surface area contributed by atoms with Crippen LogP contribution in [0.4, 0.5) is 4.79 Å². The number of carbonyl (C=O) groups excluding carboxylic acids is 1. The molecule has 0 aliphatic heterocycles. The lowest BCUT2D eigenvalue weighted by atomic mass is 10.1. The molecular weight excluding hydrogens is 288 g/mol. The summed E-state index contributed by atoms with van der Waals surface area (Å²) in [5.41, 5.74) is 1.99. The summed E-state index contributed by atoms with van der Waals surface area (Å²) in [4.78, 5) is 12.0. The topological polar surface area (TPSA) is 35.5 Å². The lowest BCUT2D eigenvalue weighted by Crippen LogP contribution is -2.14. The molecular formula is C20H24O3.